The van der Waals surface area contributed by atoms with Crippen molar-refractivity contribution in [3.63, 3.8) is 0 Å². The largest absolute Gasteiger partial charge is 0.495 e. The molecule has 2 N–H and O–H groups in total. The first-order valence-corrected chi connectivity index (χ1v) is 5.44. The Hall–Kier alpha value is -1.26. The number of hydrogen-bond acceptors (Lipinski definition) is 3. The standard InChI is InChI=1S/C12H15ClO4/c1-5-6(2)11(17-4)9(13)7(3)8(5)10(14)12(15)16/h10,14H,1-4H3,(H,15,16). The average molecular weight is 259 g/mol. The molecule has 17 heavy (non-hydrogen) atoms. The van der Waals surface area contributed by atoms with Gasteiger partial charge in [-0.3, -0.25) is 0 Å². The fraction of sp³-hybridized carbons (Fsp3) is 0.417. The molecule has 0 saturated carbocycles. The molecule has 94 valence electrons. The van der Waals surface area contributed by atoms with Gasteiger partial charge in [0, 0.05) is 0 Å². The third kappa shape index (κ3) is 2.23. The maximum Gasteiger partial charge on any atom is 0.337 e. The zero-order valence-electron chi connectivity index (χ0n) is 10.2. The van der Waals surface area contributed by atoms with E-state index in [0.717, 1.165) is 5.56 Å². The van der Waals surface area contributed by atoms with Crippen LogP contribution < -0.4 is 4.74 Å². The van der Waals surface area contributed by atoms with E-state index in [1.54, 1.807) is 20.8 Å². The molecule has 1 aromatic carbocycles. The Kier molecular flexibility index (Phi) is 4.01. The van der Waals surface area contributed by atoms with E-state index in [4.69, 9.17) is 21.4 Å². The first kappa shape index (κ1) is 13.8. The molecule has 0 heterocycles. The average Bonchev–Trinajstić information content (AvgIpc) is 2.27. The highest BCUT2D eigenvalue weighted by molar-refractivity contribution is 6.33. The van der Waals surface area contributed by atoms with Crippen LogP contribution in [0.3, 0.4) is 0 Å². The zero-order chi connectivity index (χ0) is 13.3. The van der Waals surface area contributed by atoms with Crippen LogP contribution in [0.25, 0.3) is 0 Å². The maximum atomic E-state index is 10.9. The zero-order valence-corrected chi connectivity index (χ0v) is 10.9. The Bertz CT molecular complexity index is 439. The van der Waals surface area contributed by atoms with Crippen molar-refractivity contribution >= 4 is 17.6 Å². The first-order chi connectivity index (χ1) is 7.82. The highest BCUT2D eigenvalue weighted by Crippen LogP contribution is 2.39. The second kappa shape index (κ2) is 4.94. The van der Waals surface area contributed by atoms with Crippen LogP contribution in [0.4, 0.5) is 0 Å². The monoisotopic (exact) mass is 258 g/mol. The molecule has 0 fully saturated rings. The number of carbonyl (C=O) groups is 1. The molecular formula is C12H15ClO4. The molecule has 1 aromatic rings. The van der Waals surface area contributed by atoms with Crippen LogP contribution in [0, 0.1) is 20.8 Å². The fourth-order valence-electron chi connectivity index (χ4n) is 1.88. The highest BCUT2D eigenvalue weighted by Gasteiger charge is 2.25. The first-order valence-electron chi connectivity index (χ1n) is 5.06. The maximum absolute atomic E-state index is 10.9. The molecular weight excluding hydrogens is 244 g/mol. The van der Waals surface area contributed by atoms with Crippen molar-refractivity contribution in [1.82, 2.24) is 0 Å². The summed E-state index contributed by atoms with van der Waals surface area (Å²) in [7, 11) is 1.50. The molecule has 1 atom stereocenters. The molecule has 0 aromatic heterocycles. The Morgan fingerprint density at radius 3 is 2.18 bits per heavy atom. The van der Waals surface area contributed by atoms with Crippen molar-refractivity contribution in [3.8, 4) is 5.75 Å². The van der Waals surface area contributed by atoms with Gasteiger partial charge in [-0.2, -0.15) is 0 Å². The summed E-state index contributed by atoms with van der Waals surface area (Å²) in [5, 5.41) is 18.9. The van der Waals surface area contributed by atoms with E-state index in [9.17, 15) is 9.90 Å². The van der Waals surface area contributed by atoms with Gasteiger partial charge in [-0.1, -0.05) is 11.6 Å². The van der Waals surface area contributed by atoms with Gasteiger partial charge < -0.3 is 14.9 Å². The molecule has 0 aliphatic carbocycles. The molecule has 0 spiro atoms. The molecule has 0 radical (unpaired) electrons. The van der Waals surface area contributed by atoms with Gasteiger partial charge in [0.05, 0.1) is 12.1 Å². The summed E-state index contributed by atoms with van der Waals surface area (Å²) in [5.74, 6) is -0.778. The SMILES string of the molecule is COc1c(C)c(C)c(C(O)C(=O)O)c(C)c1Cl. The number of benzene rings is 1. The topological polar surface area (TPSA) is 66.8 Å². The molecule has 1 unspecified atom stereocenters. The number of aliphatic hydroxyl groups excluding tert-OH is 1. The van der Waals surface area contributed by atoms with Crippen LogP contribution >= 0.6 is 11.6 Å². The van der Waals surface area contributed by atoms with Gasteiger partial charge in [0.15, 0.2) is 6.10 Å². The summed E-state index contributed by atoms with van der Waals surface area (Å²) in [6, 6.07) is 0. The Morgan fingerprint density at radius 2 is 1.76 bits per heavy atom. The van der Waals surface area contributed by atoms with Crippen LogP contribution in [-0.2, 0) is 4.79 Å². The smallest absolute Gasteiger partial charge is 0.337 e. The number of carboxylic acid groups (broad SMARTS) is 1. The van der Waals surface area contributed by atoms with Crippen molar-refractivity contribution in [2.75, 3.05) is 7.11 Å². The number of hydrogen-bond donors (Lipinski definition) is 2. The second-order valence-electron chi connectivity index (χ2n) is 3.88. The van der Waals surface area contributed by atoms with Gasteiger partial charge in [0.25, 0.3) is 0 Å². The van der Waals surface area contributed by atoms with Crippen molar-refractivity contribution in [3.05, 3.63) is 27.3 Å². The van der Waals surface area contributed by atoms with E-state index in [1.165, 1.54) is 7.11 Å². The summed E-state index contributed by atoms with van der Waals surface area (Å²) in [6.07, 6.45) is -1.57. The van der Waals surface area contributed by atoms with E-state index in [2.05, 4.69) is 0 Å². The van der Waals surface area contributed by atoms with Gasteiger partial charge in [0.1, 0.15) is 5.75 Å². The van der Waals surface area contributed by atoms with Crippen LogP contribution in [0.15, 0.2) is 0 Å². The minimum Gasteiger partial charge on any atom is -0.495 e. The fourth-order valence-corrected chi connectivity index (χ4v) is 2.20. The number of methoxy groups -OCH3 is 1. The third-order valence-corrected chi connectivity index (χ3v) is 3.41. The van der Waals surface area contributed by atoms with Gasteiger partial charge in [-0.05, 0) is 43.0 Å². The predicted octanol–water partition coefficient (Wildman–Crippen LogP) is 2.39. The third-order valence-electron chi connectivity index (χ3n) is 2.95. The van der Waals surface area contributed by atoms with Gasteiger partial charge in [0.2, 0.25) is 0 Å². The van der Waals surface area contributed by atoms with Crippen molar-refractivity contribution in [2.45, 2.75) is 26.9 Å². The lowest BCUT2D eigenvalue weighted by Crippen LogP contribution is -2.15. The Labute approximate surface area is 105 Å². The number of aliphatic hydroxyl groups is 1. The molecule has 0 aliphatic heterocycles. The summed E-state index contributed by atoms with van der Waals surface area (Å²) in [4.78, 5) is 10.9. The number of carboxylic acids is 1. The van der Waals surface area contributed by atoms with Crippen LogP contribution in [-0.4, -0.2) is 23.3 Å². The van der Waals surface area contributed by atoms with Crippen molar-refractivity contribution < 1.29 is 19.7 Å². The molecule has 0 aliphatic rings. The Balaban J connectivity index is 3.59. The van der Waals surface area contributed by atoms with Gasteiger partial charge >= 0.3 is 5.97 Å². The van der Waals surface area contributed by atoms with Crippen molar-refractivity contribution in [2.24, 2.45) is 0 Å². The lowest BCUT2D eigenvalue weighted by molar-refractivity contribution is -0.147. The molecule has 0 bridgehead atoms. The molecule has 5 heteroatoms. The molecule has 0 saturated heterocycles. The van der Waals surface area contributed by atoms with Gasteiger partial charge in [-0.25, -0.2) is 4.79 Å². The molecule has 1 rings (SSSR count). The number of aliphatic carboxylic acids is 1. The summed E-state index contributed by atoms with van der Waals surface area (Å²) in [5.41, 5.74) is 2.28. The van der Waals surface area contributed by atoms with Crippen LogP contribution in [0.2, 0.25) is 5.02 Å². The number of rotatable bonds is 3. The minimum absolute atomic E-state index is 0.334. The van der Waals surface area contributed by atoms with Crippen LogP contribution in [0.5, 0.6) is 5.75 Å². The van der Waals surface area contributed by atoms with Crippen molar-refractivity contribution in [1.29, 1.82) is 0 Å². The minimum atomic E-state index is -1.57. The van der Waals surface area contributed by atoms with E-state index in [0.29, 0.717) is 27.5 Å². The highest BCUT2D eigenvalue weighted by atomic mass is 35.5. The summed E-state index contributed by atoms with van der Waals surface area (Å²) < 4.78 is 5.17. The Morgan fingerprint density at radius 1 is 1.24 bits per heavy atom. The number of halogens is 1. The van der Waals surface area contributed by atoms with E-state index in [1.807, 2.05) is 0 Å². The second-order valence-corrected chi connectivity index (χ2v) is 4.25. The van der Waals surface area contributed by atoms with E-state index < -0.39 is 12.1 Å². The van der Waals surface area contributed by atoms with E-state index >= 15 is 0 Å². The van der Waals surface area contributed by atoms with Gasteiger partial charge in [-0.15, -0.1) is 0 Å². The normalized spacial score (nSPS) is 12.4. The number of ether oxygens (including phenoxy) is 1. The summed E-state index contributed by atoms with van der Waals surface area (Å²) >= 11 is 6.10. The quantitative estimate of drug-likeness (QED) is 0.874. The lowest BCUT2D eigenvalue weighted by Gasteiger charge is -2.19. The molecule has 4 nitrogen and oxygen atoms in total. The lowest BCUT2D eigenvalue weighted by atomic mass is 9.93. The summed E-state index contributed by atoms with van der Waals surface area (Å²) in [6.45, 7) is 5.18. The van der Waals surface area contributed by atoms with E-state index in [-0.39, 0.29) is 0 Å². The molecule has 0 amide bonds. The van der Waals surface area contributed by atoms with Crippen LogP contribution in [0.1, 0.15) is 28.4 Å². The predicted molar refractivity (Wildman–Crippen MR) is 64.8 cm³/mol.